The average molecular weight is 584 g/mol. The molecule has 0 aliphatic carbocycles. The number of aromatic carboxylic acids is 1. The monoisotopic (exact) mass is 583 g/mol. The molecule has 0 atom stereocenters. The second-order valence-electron chi connectivity index (χ2n) is 8.34. The van der Waals surface area contributed by atoms with Gasteiger partial charge in [0.1, 0.15) is 17.1 Å². The predicted molar refractivity (Wildman–Crippen MR) is 161 cm³/mol. The number of rotatable bonds is 7. The van der Waals surface area contributed by atoms with E-state index in [0.29, 0.717) is 5.69 Å². The van der Waals surface area contributed by atoms with Crippen LogP contribution in [0.3, 0.4) is 0 Å². The fourth-order valence-electron chi connectivity index (χ4n) is 3.07. The number of aromatic hydroxyl groups is 1. The third-order valence-corrected chi connectivity index (χ3v) is 5.22. The van der Waals surface area contributed by atoms with Gasteiger partial charge < -0.3 is 30.5 Å². The summed E-state index contributed by atoms with van der Waals surface area (Å²) in [4.78, 5) is 43.6. The van der Waals surface area contributed by atoms with Gasteiger partial charge in [-0.25, -0.2) is 19.2 Å². The summed E-state index contributed by atoms with van der Waals surface area (Å²) in [6.45, 7) is 0. The SMILES string of the molecule is COc1ccc(C=CC(=O)O)cc1.Nc1ccc(C(=O)OC(=O)C=Cc2ccccc2)cc1.O=C(O)c1ccccc1O. The van der Waals surface area contributed by atoms with Crippen molar-refractivity contribution < 1.29 is 44.0 Å². The van der Waals surface area contributed by atoms with E-state index in [0.717, 1.165) is 23.0 Å². The molecule has 0 unspecified atom stereocenters. The van der Waals surface area contributed by atoms with E-state index in [1.54, 1.807) is 61.7 Å². The molecule has 220 valence electrons. The highest BCUT2D eigenvalue weighted by atomic mass is 16.6. The largest absolute Gasteiger partial charge is 0.507 e. The number of ether oxygens (including phenoxy) is 2. The summed E-state index contributed by atoms with van der Waals surface area (Å²) in [5.41, 5.74) is 7.95. The highest BCUT2D eigenvalue weighted by Crippen LogP contribution is 2.14. The zero-order chi connectivity index (χ0) is 31.6. The van der Waals surface area contributed by atoms with Crippen molar-refractivity contribution in [3.63, 3.8) is 0 Å². The van der Waals surface area contributed by atoms with Gasteiger partial charge in [0.15, 0.2) is 0 Å². The van der Waals surface area contributed by atoms with Crippen LogP contribution < -0.4 is 10.5 Å². The molecule has 0 saturated carbocycles. The fraction of sp³-hybridized carbons (Fsp3) is 0.0303. The van der Waals surface area contributed by atoms with Gasteiger partial charge in [-0.1, -0.05) is 54.6 Å². The Kier molecular flexibility index (Phi) is 13.5. The van der Waals surface area contributed by atoms with E-state index in [4.69, 9.17) is 30.5 Å². The molecule has 0 aromatic heterocycles. The molecule has 4 rings (SSSR count). The van der Waals surface area contributed by atoms with Crippen molar-refractivity contribution in [2.24, 2.45) is 0 Å². The molecule has 10 nitrogen and oxygen atoms in total. The standard InChI is InChI=1S/C16H13NO3.C10H10O3.C7H6O3/c17-14-9-7-13(8-10-14)16(19)20-15(18)11-6-12-4-2-1-3-5-12;1-13-9-5-2-8(3-6-9)4-7-10(11)12;8-6-4-2-1-3-5(6)7(9)10/h1-11H,17H2;2-7H,1H3,(H,11,12);1-4,8H,(H,9,10). The maximum absolute atomic E-state index is 11.7. The van der Waals surface area contributed by atoms with Gasteiger partial charge in [0.2, 0.25) is 0 Å². The average Bonchev–Trinajstić information content (AvgIpc) is 3.01. The van der Waals surface area contributed by atoms with Crippen LogP contribution in [0, 0.1) is 0 Å². The number of aliphatic carboxylic acids is 1. The van der Waals surface area contributed by atoms with Crippen LogP contribution in [0.25, 0.3) is 12.2 Å². The summed E-state index contributed by atoms with van der Waals surface area (Å²) in [6.07, 6.45) is 5.42. The molecule has 4 aromatic rings. The van der Waals surface area contributed by atoms with Crippen LogP contribution in [0.15, 0.2) is 115 Å². The number of carbonyl (C=O) groups is 4. The Morgan fingerprint density at radius 1 is 0.698 bits per heavy atom. The number of phenols is 1. The summed E-state index contributed by atoms with van der Waals surface area (Å²) in [7, 11) is 1.59. The fourth-order valence-corrected chi connectivity index (χ4v) is 3.07. The molecule has 0 heterocycles. The van der Waals surface area contributed by atoms with E-state index in [1.165, 1.54) is 36.4 Å². The molecule has 0 radical (unpaired) electrons. The summed E-state index contributed by atoms with van der Waals surface area (Å²) in [6, 6.07) is 28.4. The number of hydrogen-bond acceptors (Lipinski definition) is 8. The molecule has 0 aliphatic heterocycles. The summed E-state index contributed by atoms with van der Waals surface area (Å²) in [5.74, 6) is -2.92. The highest BCUT2D eigenvalue weighted by molar-refractivity contribution is 6.01. The van der Waals surface area contributed by atoms with Crippen molar-refractivity contribution in [1.29, 1.82) is 0 Å². The highest BCUT2D eigenvalue weighted by Gasteiger charge is 2.10. The lowest BCUT2D eigenvalue weighted by Gasteiger charge is -2.00. The Balaban J connectivity index is 0.000000242. The van der Waals surface area contributed by atoms with E-state index >= 15 is 0 Å². The Morgan fingerprint density at radius 2 is 1.26 bits per heavy atom. The lowest BCUT2D eigenvalue weighted by Crippen LogP contribution is -2.10. The van der Waals surface area contributed by atoms with Crippen LogP contribution in [0.2, 0.25) is 0 Å². The van der Waals surface area contributed by atoms with Gasteiger partial charge in [-0.3, -0.25) is 0 Å². The zero-order valence-corrected chi connectivity index (χ0v) is 23.0. The third-order valence-electron chi connectivity index (χ3n) is 5.22. The smallest absolute Gasteiger partial charge is 0.346 e. The van der Waals surface area contributed by atoms with E-state index in [1.807, 2.05) is 30.3 Å². The number of para-hydroxylation sites is 1. The summed E-state index contributed by atoms with van der Waals surface area (Å²) in [5, 5.41) is 25.7. The topological polar surface area (TPSA) is 173 Å². The Hall–Kier alpha value is -6.16. The minimum Gasteiger partial charge on any atom is -0.507 e. The van der Waals surface area contributed by atoms with Crippen LogP contribution in [-0.4, -0.2) is 46.3 Å². The number of benzene rings is 4. The van der Waals surface area contributed by atoms with E-state index in [9.17, 15) is 19.2 Å². The molecule has 0 aliphatic rings. The van der Waals surface area contributed by atoms with Crippen LogP contribution in [0.1, 0.15) is 31.8 Å². The first kappa shape index (κ1) is 33.0. The molecule has 0 amide bonds. The maximum Gasteiger partial charge on any atom is 0.346 e. The van der Waals surface area contributed by atoms with Gasteiger partial charge in [-0.15, -0.1) is 0 Å². The van der Waals surface area contributed by atoms with Crippen molar-refractivity contribution in [2.75, 3.05) is 12.8 Å². The molecule has 0 spiro atoms. The number of carbonyl (C=O) groups excluding carboxylic acids is 2. The van der Waals surface area contributed by atoms with Gasteiger partial charge >= 0.3 is 23.9 Å². The minimum absolute atomic E-state index is 0.0671. The maximum atomic E-state index is 11.7. The van der Waals surface area contributed by atoms with Gasteiger partial charge in [0.25, 0.3) is 0 Å². The van der Waals surface area contributed by atoms with Crippen molar-refractivity contribution in [3.05, 3.63) is 138 Å². The number of carboxylic acid groups (broad SMARTS) is 2. The molecule has 0 fully saturated rings. The van der Waals surface area contributed by atoms with Gasteiger partial charge in [-0.2, -0.15) is 0 Å². The molecule has 5 N–H and O–H groups in total. The van der Waals surface area contributed by atoms with Crippen molar-refractivity contribution in [2.45, 2.75) is 0 Å². The van der Waals surface area contributed by atoms with Crippen LogP contribution in [-0.2, 0) is 14.3 Å². The number of nitrogens with two attached hydrogens (primary N) is 1. The number of carboxylic acids is 2. The molecule has 0 saturated heterocycles. The van der Waals surface area contributed by atoms with E-state index in [-0.39, 0.29) is 16.9 Å². The molecule has 4 aromatic carbocycles. The molecular formula is C33H29NO9. The predicted octanol–water partition coefficient (Wildman–Crippen LogP) is 5.55. The lowest BCUT2D eigenvalue weighted by atomic mass is 10.2. The Morgan fingerprint density at radius 3 is 1.79 bits per heavy atom. The second-order valence-corrected chi connectivity index (χ2v) is 8.34. The van der Waals surface area contributed by atoms with Gasteiger partial charge in [0, 0.05) is 17.8 Å². The molecule has 10 heteroatoms. The number of methoxy groups -OCH3 is 1. The van der Waals surface area contributed by atoms with Crippen LogP contribution in [0.5, 0.6) is 11.5 Å². The van der Waals surface area contributed by atoms with Gasteiger partial charge in [-0.05, 0) is 71.8 Å². The number of nitrogen functional groups attached to an aromatic ring is 1. The van der Waals surface area contributed by atoms with E-state index < -0.39 is 23.9 Å². The molecular weight excluding hydrogens is 554 g/mol. The van der Waals surface area contributed by atoms with Crippen molar-refractivity contribution >= 4 is 41.7 Å². The van der Waals surface area contributed by atoms with E-state index in [2.05, 4.69) is 0 Å². The quantitative estimate of drug-likeness (QED) is 0.0935. The van der Waals surface area contributed by atoms with Crippen LogP contribution in [0.4, 0.5) is 5.69 Å². The first-order chi connectivity index (χ1) is 20.6. The van der Waals surface area contributed by atoms with Crippen molar-refractivity contribution in [1.82, 2.24) is 0 Å². The summed E-state index contributed by atoms with van der Waals surface area (Å²) >= 11 is 0. The Bertz CT molecular complexity index is 1560. The second kappa shape index (κ2) is 17.5. The number of anilines is 1. The normalized spacial score (nSPS) is 10.1. The number of esters is 2. The Labute approximate surface area is 247 Å². The summed E-state index contributed by atoms with van der Waals surface area (Å²) < 4.78 is 9.65. The molecule has 43 heavy (non-hydrogen) atoms. The first-order valence-corrected chi connectivity index (χ1v) is 12.5. The van der Waals surface area contributed by atoms with Crippen molar-refractivity contribution in [3.8, 4) is 11.5 Å². The minimum atomic E-state index is -1.11. The molecule has 0 bridgehead atoms. The first-order valence-electron chi connectivity index (χ1n) is 12.5. The van der Waals surface area contributed by atoms with Crippen LogP contribution >= 0.6 is 0 Å². The third kappa shape index (κ3) is 12.7. The number of hydrogen-bond donors (Lipinski definition) is 4. The zero-order valence-electron chi connectivity index (χ0n) is 23.0. The lowest BCUT2D eigenvalue weighted by molar-refractivity contribution is -0.133. The van der Waals surface area contributed by atoms with Gasteiger partial charge in [0.05, 0.1) is 12.7 Å².